The van der Waals surface area contributed by atoms with Crippen molar-refractivity contribution in [2.24, 2.45) is 0 Å². The lowest BCUT2D eigenvalue weighted by atomic mass is 9.83. The van der Waals surface area contributed by atoms with Crippen LogP contribution in [0.15, 0.2) is 77.0 Å². The van der Waals surface area contributed by atoms with E-state index < -0.39 is 9.84 Å². The van der Waals surface area contributed by atoms with Gasteiger partial charge in [0.15, 0.2) is 9.84 Å². The number of nitrogens with zero attached hydrogens (tertiary/aromatic N) is 1. The van der Waals surface area contributed by atoms with Crippen molar-refractivity contribution >= 4 is 44.4 Å². The number of benzene rings is 3. The Balaban J connectivity index is 1.17. The summed E-state index contributed by atoms with van der Waals surface area (Å²) in [5.41, 5.74) is 3.89. The number of rotatable bonds is 11. The maximum atomic E-state index is 13.0. The van der Waals surface area contributed by atoms with Gasteiger partial charge in [0.25, 0.3) is 5.91 Å². The Hall–Kier alpha value is -3.20. The van der Waals surface area contributed by atoms with Crippen LogP contribution in [0.5, 0.6) is 5.75 Å². The molecule has 0 spiro atoms. The third-order valence-electron chi connectivity index (χ3n) is 7.27. The predicted octanol–water partition coefficient (Wildman–Crippen LogP) is 7.21. The minimum absolute atomic E-state index is 0.0210. The van der Waals surface area contributed by atoms with Gasteiger partial charge in [-0.25, -0.2) is 13.4 Å². The average molecular weight is 595 g/mol. The molecule has 1 aliphatic rings. The van der Waals surface area contributed by atoms with Gasteiger partial charge in [-0.05, 0) is 91.8 Å². The topological polar surface area (TPSA) is 96.4 Å². The van der Waals surface area contributed by atoms with E-state index in [2.05, 4.69) is 10.7 Å². The molecule has 0 radical (unpaired) electrons. The smallest absolute Gasteiger partial charge is 0.255 e. The van der Waals surface area contributed by atoms with Crippen LogP contribution in [-0.4, -0.2) is 30.2 Å². The van der Waals surface area contributed by atoms with Gasteiger partial charge in [-0.3, -0.25) is 4.79 Å². The quantitative estimate of drug-likeness (QED) is 0.179. The lowest BCUT2D eigenvalue weighted by molar-refractivity contribution is 0.102. The molecule has 3 aromatic carbocycles. The summed E-state index contributed by atoms with van der Waals surface area (Å²) in [5, 5.41) is 17.0. The fraction of sp³-hybridized carbons (Fsp3) is 0.290. The first-order valence-corrected chi connectivity index (χ1v) is 16.3. The van der Waals surface area contributed by atoms with E-state index in [-0.39, 0.29) is 22.3 Å². The number of nitrogens with one attached hydrogen (secondary N) is 1. The zero-order chi connectivity index (χ0) is 28.1. The van der Waals surface area contributed by atoms with Crippen molar-refractivity contribution in [1.29, 1.82) is 0 Å². The lowest BCUT2D eigenvalue weighted by Gasteiger charge is -2.22. The number of anilines is 1. The van der Waals surface area contributed by atoms with Gasteiger partial charge in [0.05, 0.1) is 27.0 Å². The van der Waals surface area contributed by atoms with Crippen LogP contribution in [0.1, 0.15) is 63.8 Å². The largest absolute Gasteiger partial charge is 0.506 e. The predicted molar refractivity (Wildman–Crippen MR) is 160 cm³/mol. The van der Waals surface area contributed by atoms with Gasteiger partial charge in [0.2, 0.25) is 0 Å². The molecule has 1 heterocycles. The first-order valence-electron chi connectivity index (χ1n) is 13.4. The molecule has 0 bridgehead atoms. The molecule has 0 aliphatic heterocycles. The molecule has 0 unspecified atom stereocenters. The van der Waals surface area contributed by atoms with Crippen molar-refractivity contribution in [3.05, 3.63) is 105 Å². The molecule has 9 heteroatoms. The van der Waals surface area contributed by atoms with Gasteiger partial charge >= 0.3 is 0 Å². The molecule has 208 valence electrons. The molecule has 1 aliphatic carbocycles. The van der Waals surface area contributed by atoms with Gasteiger partial charge in [-0.2, -0.15) is 0 Å². The van der Waals surface area contributed by atoms with Crippen molar-refractivity contribution < 1.29 is 18.3 Å². The summed E-state index contributed by atoms with van der Waals surface area (Å²) in [6, 6.07) is 18.6. The van der Waals surface area contributed by atoms with E-state index in [0.29, 0.717) is 35.0 Å². The third kappa shape index (κ3) is 7.11. The fourth-order valence-electron chi connectivity index (χ4n) is 4.71. The summed E-state index contributed by atoms with van der Waals surface area (Å²) in [4.78, 5) is 18.1. The van der Waals surface area contributed by atoms with Gasteiger partial charge < -0.3 is 10.4 Å². The number of hydrogen-bond donors (Lipinski definition) is 2. The minimum Gasteiger partial charge on any atom is -0.506 e. The van der Waals surface area contributed by atoms with Crippen molar-refractivity contribution in [2.75, 3.05) is 11.1 Å². The van der Waals surface area contributed by atoms with Gasteiger partial charge in [0, 0.05) is 28.3 Å². The third-order valence-corrected chi connectivity index (χ3v) is 10.3. The summed E-state index contributed by atoms with van der Waals surface area (Å²) in [7, 11) is -3.43. The Morgan fingerprint density at radius 2 is 1.77 bits per heavy atom. The second kappa shape index (κ2) is 12.5. The number of amides is 1. The molecule has 4 aromatic rings. The maximum Gasteiger partial charge on any atom is 0.255 e. The van der Waals surface area contributed by atoms with E-state index in [1.54, 1.807) is 41.7 Å². The number of thiazole rings is 1. The van der Waals surface area contributed by atoms with Crippen LogP contribution in [-0.2, 0) is 29.1 Å². The number of sulfone groups is 1. The lowest BCUT2D eigenvalue weighted by Crippen LogP contribution is -2.13. The van der Waals surface area contributed by atoms with Crippen molar-refractivity contribution in [3.8, 4) is 5.75 Å². The van der Waals surface area contributed by atoms with E-state index in [1.165, 1.54) is 43.2 Å². The maximum absolute atomic E-state index is 13.0. The zero-order valence-corrected chi connectivity index (χ0v) is 24.4. The van der Waals surface area contributed by atoms with E-state index >= 15 is 0 Å². The molecule has 6 nitrogen and oxygen atoms in total. The minimum atomic E-state index is -3.43. The first-order chi connectivity index (χ1) is 19.3. The Morgan fingerprint density at radius 1 is 1.00 bits per heavy atom. The molecule has 1 saturated carbocycles. The highest BCUT2D eigenvalue weighted by molar-refractivity contribution is 7.91. The van der Waals surface area contributed by atoms with Crippen molar-refractivity contribution in [3.63, 3.8) is 0 Å². The summed E-state index contributed by atoms with van der Waals surface area (Å²) in [5.74, 6) is 0.246. The van der Waals surface area contributed by atoms with Crippen LogP contribution in [0.3, 0.4) is 0 Å². The molecule has 5 rings (SSSR count). The summed E-state index contributed by atoms with van der Waals surface area (Å²) in [6.07, 6.45) is 6.27. The highest BCUT2D eigenvalue weighted by Crippen LogP contribution is 2.36. The van der Waals surface area contributed by atoms with E-state index in [1.807, 2.05) is 18.2 Å². The molecule has 0 saturated heterocycles. The zero-order valence-electron chi connectivity index (χ0n) is 22.0. The molecular weight excluding hydrogens is 564 g/mol. The number of halogens is 1. The summed E-state index contributed by atoms with van der Waals surface area (Å²) < 4.78 is 25.2. The number of aromatic nitrogens is 1. The Labute approximate surface area is 244 Å². The van der Waals surface area contributed by atoms with Crippen LogP contribution in [0.2, 0.25) is 5.02 Å². The van der Waals surface area contributed by atoms with Crippen LogP contribution >= 0.6 is 22.9 Å². The SMILES string of the molecule is O=C(Nc1cc(CCCS(=O)(=O)c2ccc(Cl)cc2)ccc1O)c1cccc(CCc2nc(C3CCC3)cs2)c1. The second-order valence-electron chi connectivity index (χ2n) is 10.2. The highest BCUT2D eigenvalue weighted by Gasteiger charge is 2.22. The Morgan fingerprint density at radius 3 is 2.52 bits per heavy atom. The molecule has 1 aromatic heterocycles. The monoisotopic (exact) mass is 594 g/mol. The fourth-order valence-corrected chi connectivity index (χ4v) is 7.03. The molecule has 1 fully saturated rings. The molecule has 0 atom stereocenters. The standard InChI is InChI=1S/C31H31ClN2O4S2/c32-25-11-13-26(14-12-25)40(37,38)17-3-5-22-9-15-29(35)27(19-22)34-31(36)24-8-1-4-21(18-24)10-16-30-33-28(20-39-30)23-6-2-7-23/h1,4,8-9,11-15,18-20,23,35H,2-3,5-7,10,16-17H2,(H,34,36). The highest BCUT2D eigenvalue weighted by atomic mass is 35.5. The number of carbonyl (C=O) groups excluding carboxylic acids is 1. The van der Waals surface area contributed by atoms with Crippen LogP contribution in [0, 0.1) is 0 Å². The van der Waals surface area contributed by atoms with E-state index in [9.17, 15) is 18.3 Å². The van der Waals surface area contributed by atoms with Crippen LogP contribution in [0.25, 0.3) is 0 Å². The first kappa shape index (κ1) is 28.3. The van der Waals surface area contributed by atoms with Crippen LogP contribution < -0.4 is 5.32 Å². The molecule has 1 amide bonds. The molecular formula is C31H31ClN2O4S2. The number of aryl methyl sites for hydroxylation is 3. The molecule has 2 N–H and O–H groups in total. The summed E-state index contributed by atoms with van der Waals surface area (Å²) >= 11 is 7.57. The number of aromatic hydroxyl groups is 1. The van der Waals surface area contributed by atoms with Gasteiger partial charge in [-0.1, -0.05) is 36.2 Å². The van der Waals surface area contributed by atoms with Gasteiger partial charge in [0.1, 0.15) is 5.75 Å². The number of hydrogen-bond acceptors (Lipinski definition) is 6. The van der Waals surface area contributed by atoms with Crippen molar-refractivity contribution in [1.82, 2.24) is 4.98 Å². The second-order valence-corrected chi connectivity index (χ2v) is 13.7. The average Bonchev–Trinajstić information content (AvgIpc) is 3.36. The number of carbonyl (C=O) groups is 1. The van der Waals surface area contributed by atoms with Crippen LogP contribution in [0.4, 0.5) is 5.69 Å². The van der Waals surface area contributed by atoms with Gasteiger partial charge in [-0.15, -0.1) is 11.3 Å². The van der Waals surface area contributed by atoms with Crippen molar-refractivity contribution in [2.45, 2.75) is 55.8 Å². The molecule has 40 heavy (non-hydrogen) atoms. The summed E-state index contributed by atoms with van der Waals surface area (Å²) in [6.45, 7) is 0. The number of phenolic OH excluding ortho intramolecular Hbond substituents is 1. The van der Waals surface area contributed by atoms with E-state index in [0.717, 1.165) is 29.0 Å². The Bertz CT molecular complexity index is 1600. The Kier molecular flexibility index (Phi) is 8.88. The van der Waals surface area contributed by atoms with E-state index in [4.69, 9.17) is 16.6 Å². The normalized spacial score (nSPS) is 13.6. The number of phenols is 1.